The van der Waals surface area contributed by atoms with Crippen LogP contribution in [0.5, 0.6) is 0 Å². The summed E-state index contributed by atoms with van der Waals surface area (Å²) >= 11 is 8.74. The normalized spacial score (nSPS) is 16.0. The molecule has 1 amide bonds. The summed E-state index contributed by atoms with van der Waals surface area (Å²) in [5, 5.41) is 3.47. The van der Waals surface area contributed by atoms with Crippen LogP contribution in [0.4, 0.5) is 0 Å². The molecule has 0 spiro atoms. The van der Waals surface area contributed by atoms with E-state index >= 15 is 0 Å². The minimum absolute atomic E-state index is 0.0962. The zero-order valence-electron chi connectivity index (χ0n) is 13.5. The van der Waals surface area contributed by atoms with Crippen LogP contribution in [-0.2, 0) is 11.3 Å². The van der Waals surface area contributed by atoms with Crippen molar-refractivity contribution in [2.75, 3.05) is 0 Å². The van der Waals surface area contributed by atoms with Crippen molar-refractivity contribution in [3.63, 3.8) is 0 Å². The van der Waals surface area contributed by atoms with Crippen molar-refractivity contribution < 1.29 is 4.79 Å². The number of rotatable bonds is 3. The van der Waals surface area contributed by atoms with Gasteiger partial charge in [0.2, 0.25) is 0 Å². The number of thiocarbonyl (C=S) groups is 1. The van der Waals surface area contributed by atoms with Gasteiger partial charge in [-0.1, -0.05) is 46.3 Å². The van der Waals surface area contributed by atoms with Crippen molar-refractivity contribution >= 4 is 45.2 Å². The van der Waals surface area contributed by atoms with Crippen LogP contribution >= 0.6 is 28.1 Å². The smallest absolute Gasteiger partial charge is 0.276 e. The number of aryl methyl sites for hydroxylation is 2. The van der Waals surface area contributed by atoms with Gasteiger partial charge in [0.05, 0.1) is 6.54 Å². The third-order valence-corrected chi connectivity index (χ3v) is 4.91. The zero-order chi connectivity index (χ0) is 17.3. The number of nitrogens with zero attached hydrogens (tertiary/aromatic N) is 1. The van der Waals surface area contributed by atoms with E-state index in [0.29, 0.717) is 17.4 Å². The minimum Gasteiger partial charge on any atom is -0.328 e. The Bertz CT molecular complexity index is 843. The second-order valence-corrected chi connectivity index (χ2v) is 7.15. The molecule has 5 heteroatoms. The average molecular weight is 401 g/mol. The molecule has 0 bridgehead atoms. The fourth-order valence-corrected chi connectivity index (χ4v) is 3.05. The van der Waals surface area contributed by atoms with E-state index in [1.807, 2.05) is 36.4 Å². The first kappa shape index (κ1) is 16.9. The molecule has 1 fully saturated rings. The summed E-state index contributed by atoms with van der Waals surface area (Å²) in [7, 11) is 0. The molecule has 1 aliphatic rings. The molecule has 24 heavy (non-hydrogen) atoms. The summed E-state index contributed by atoms with van der Waals surface area (Å²) in [5.41, 5.74) is 4.98. The average Bonchev–Trinajstić information content (AvgIpc) is 2.81. The zero-order valence-corrected chi connectivity index (χ0v) is 15.9. The minimum atomic E-state index is -0.0962. The van der Waals surface area contributed by atoms with Gasteiger partial charge in [-0.3, -0.25) is 9.69 Å². The van der Waals surface area contributed by atoms with Crippen LogP contribution in [-0.4, -0.2) is 15.9 Å². The lowest BCUT2D eigenvalue weighted by Gasteiger charge is -2.15. The van der Waals surface area contributed by atoms with Crippen LogP contribution in [0.15, 0.2) is 52.6 Å². The molecule has 0 aromatic heterocycles. The number of benzene rings is 2. The van der Waals surface area contributed by atoms with Crippen molar-refractivity contribution in [2.24, 2.45) is 0 Å². The van der Waals surface area contributed by atoms with Gasteiger partial charge in [-0.2, -0.15) is 0 Å². The molecule has 2 aromatic rings. The molecule has 0 unspecified atom stereocenters. The third kappa shape index (κ3) is 3.57. The summed E-state index contributed by atoms with van der Waals surface area (Å²) in [4.78, 5) is 14.2. The highest BCUT2D eigenvalue weighted by molar-refractivity contribution is 9.10. The topological polar surface area (TPSA) is 32.3 Å². The van der Waals surface area contributed by atoms with E-state index in [2.05, 4.69) is 47.2 Å². The highest BCUT2D eigenvalue weighted by Crippen LogP contribution is 2.19. The number of carbonyl (C=O) groups excluding carboxylic acids is 1. The van der Waals surface area contributed by atoms with E-state index in [1.165, 1.54) is 11.1 Å². The predicted octanol–water partition coefficient (Wildman–Crippen LogP) is 4.32. The van der Waals surface area contributed by atoms with Crippen molar-refractivity contribution in [1.82, 2.24) is 10.2 Å². The fraction of sp³-hybridized carbons (Fsp3) is 0.158. The molecule has 0 radical (unpaired) electrons. The van der Waals surface area contributed by atoms with Gasteiger partial charge in [-0.25, -0.2) is 0 Å². The van der Waals surface area contributed by atoms with Gasteiger partial charge in [-0.05, 0) is 66.5 Å². The molecule has 0 saturated carbocycles. The molecule has 1 heterocycles. The Labute approximate surface area is 155 Å². The molecule has 3 rings (SSSR count). The highest BCUT2D eigenvalue weighted by Gasteiger charge is 2.30. The van der Waals surface area contributed by atoms with Gasteiger partial charge in [0.1, 0.15) is 5.70 Å². The van der Waals surface area contributed by atoms with Crippen LogP contribution in [0.3, 0.4) is 0 Å². The van der Waals surface area contributed by atoms with Gasteiger partial charge in [0.15, 0.2) is 5.11 Å². The van der Waals surface area contributed by atoms with E-state index in [0.717, 1.165) is 15.6 Å². The van der Waals surface area contributed by atoms with Crippen LogP contribution in [0.25, 0.3) is 6.08 Å². The monoisotopic (exact) mass is 400 g/mol. The lowest BCUT2D eigenvalue weighted by atomic mass is 10.1. The van der Waals surface area contributed by atoms with Gasteiger partial charge in [-0.15, -0.1) is 0 Å². The predicted molar refractivity (Wildman–Crippen MR) is 104 cm³/mol. The van der Waals surface area contributed by atoms with Crippen molar-refractivity contribution in [2.45, 2.75) is 20.4 Å². The number of hydrogen-bond acceptors (Lipinski definition) is 2. The lowest BCUT2D eigenvalue weighted by molar-refractivity contribution is -0.122. The van der Waals surface area contributed by atoms with Gasteiger partial charge < -0.3 is 5.32 Å². The molecule has 0 aliphatic carbocycles. The summed E-state index contributed by atoms with van der Waals surface area (Å²) in [6.07, 6.45) is 1.82. The molecular formula is C19H17BrN2OS. The van der Waals surface area contributed by atoms with E-state index in [-0.39, 0.29) is 5.91 Å². The first-order valence-corrected chi connectivity index (χ1v) is 8.80. The molecule has 3 nitrogen and oxygen atoms in total. The molecule has 1 aliphatic heterocycles. The number of hydrogen-bond donors (Lipinski definition) is 1. The molecule has 122 valence electrons. The van der Waals surface area contributed by atoms with Gasteiger partial charge >= 0.3 is 0 Å². The standard InChI is InChI=1S/C19H17BrN2OS/c1-12-3-4-15(9-13(12)2)11-22-18(23)17(21-19(22)24)10-14-5-7-16(20)8-6-14/h3-10H,11H2,1-2H3,(H,21,24)/b17-10-. The van der Waals surface area contributed by atoms with Crippen LogP contribution in [0.2, 0.25) is 0 Å². The number of amides is 1. The summed E-state index contributed by atoms with van der Waals surface area (Å²) in [6.45, 7) is 4.62. The van der Waals surface area contributed by atoms with Crippen molar-refractivity contribution in [1.29, 1.82) is 0 Å². The summed E-state index contributed by atoms with van der Waals surface area (Å²) in [5.74, 6) is -0.0962. The van der Waals surface area contributed by atoms with E-state index in [4.69, 9.17) is 12.2 Å². The lowest BCUT2D eigenvalue weighted by Crippen LogP contribution is -2.30. The fourth-order valence-electron chi connectivity index (χ4n) is 2.53. The Morgan fingerprint density at radius 3 is 2.50 bits per heavy atom. The van der Waals surface area contributed by atoms with Gasteiger partial charge in [0.25, 0.3) is 5.91 Å². The van der Waals surface area contributed by atoms with E-state index < -0.39 is 0 Å². The first-order valence-electron chi connectivity index (χ1n) is 7.60. The molecule has 1 N–H and O–H groups in total. The SMILES string of the molecule is Cc1ccc(CN2C(=O)/C(=C/c3ccc(Br)cc3)NC2=S)cc1C. The second-order valence-electron chi connectivity index (χ2n) is 5.85. The maximum atomic E-state index is 12.6. The van der Waals surface area contributed by atoms with Crippen LogP contribution in [0, 0.1) is 13.8 Å². The Hall–Kier alpha value is -1.98. The quantitative estimate of drug-likeness (QED) is 0.614. The molecule has 1 saturated heterocycles. The Morgan fingerprint density at radius 2 is 1.83 bits per heavy atom. The number of carbonyl (C=O) groups is 1. The largest absolute Gasteiger partial charge is 0.328 e. The molecular weight excluding hydrogens is 384 g/mol. The summed E-state index contributed by atoms with van der Waals surface area (Å²) < 4.78 is 1.00. The van der Waals surface area contributed by atoms with E-state index in [9.17, 15) is 4.79 Å². The summed E-state index contributed by atoms with van der Waals surface area (Å²) in [6, 6.07) is 14.0. The van der Waals surface area contributed by atoms with E-state index in [1.54, 1.807) is 4.90 Å². The Balaban J connectivity index is 1.81. The molecule has 0 atom stereocenters. The molecule has 2 aromatic carbocycles. The maximum Gasteiger partial charge on any atom is 0.276 e. The van der Waals surface area contributed by atoms with Crippen molar-refractivity contribution in [3.05, 3.63) is 74.9 Å². The third-order valence-electron chi connectivity index (χ3n) is 4.06. The first-order chi connectivity index (χ1) is 11.4. The highest BCUT2D eigenvalue weighted by atomic mass is 79.9. The Morgan fingerprint density at radius 1 is 1.12 bits per heavy atom. The Kier molecular flexibility index (Phi) is 4.83. The maximum absolute atomic E-state index is 12.6. The second kappa shape index (κ2) is 6.87. The number of nitrogens with one attached hydrogen (secondary N) is 1. The van der Waals surface area contributed by atoms with Crippen LogP contribution in [0.1, 0.15) is 22.3 Å². The van der Waals surface area contributed by atoms with Gasteiger partial charge in [0, 0.05) is 4.47 Å². The van der Waals surface area contributed by atoms with Crippen LogP contribution < -0.4 is 5.32 Å². The van der Waals surface area contributed by atoms with Crippen molar-refractivity contribution in [3.8, 4) is 0 Å². The number of halogens is 1.